The molecule has 4 aliphatic rings. The maximum absolute atomic E-state index is 6.62. The number of hydrogen-bond acceptors (Lipinski definition) is 1. The van der Waals surface area contributed by atoms with Crippen LogP contribution in [0.1, 0.15) is 59.3 Å². The summed E-state index contributed by atoms with van der Waals surface area (Å²) >= 11 is 0. The second-order valence-corrected chi connectivity index (χ2v) is 14.3. The van der Waals surface area contributed by atoms with Gasteiger partial charge in [-0.05, 0) is 79.8 Å². The second-order valence-electron chi connectivity index (χ2n) is 9.47. The van der Waals surface area contributed by atoms with Gasteiger partial charge >= 0.3 is 0 Å². The molecule has 2 heteroatoms. The molecule has 110 valence electrons. The van der Waals surface area contributed by atoms with Crippen molar-refractivity contribution in [3.8, 4) is 0 Å². The zero-order valence-corrected chi connectivity index (χ0v) is 14.6. The molecule has 4 bridgehead atoms. The summed E-state index contributed by atoms with van der Waals surface area (Å²) in [5, 5.41) is 0.356. The van der Waals surface area contributed by atoms with Crippen molar-refractivity contribution in [3.05, 3.63) is 0 Å². The van der Waals surface area contributed by atoms with Crippen LogP contribution in [-0.2, 0) is 4.43 Å². The molecule has 0 amide bonds. The molecule has 0 aromatic rings. The predicted molar refractivity (Wildman–Crippen MR) is 83.8 cm³/mol. The Morgan fingerprint density at radius 2 is 1.37 bits per heavy atom. The average molecular weight is 281 g/mol. The fraction of sp³-hybridized carbons (Fsp3) is 1.00. The SMILES string of the molecule is CC(C)(C)[Si](C)(C)OCC12CC3CC(CC(C3)C1)C2. The highest BCUT2D eigenvalue weighted by atomic mass is 28.4. The molecule has 19 heavy (non-hydrogen) atoms. The van der Waals surface area contributed by atoms with Crippen molar-refractivity contribution in [3.63, 3.8) is 0 Å². The van der Waals surface area contributed by atoms with E-state index in [-0.39, 0.29) is 0 Å². The van der Waals surface area contributed by atoms with E-state index >= 15 is 0 Å². The molecule has 4 saturated carbocycles. The van der Waals surface area contributed by atoms with Crippen LogP contribution in [0.4, 0.5) is 0 Å². The van der Waals surface area contributed by atoms with Gasteiger partial charge in [-0.15, -0.1) is 0 Å². The largest absolute Gasteiger partial charge is 0.416 e. The van der Waals surface area contributed by atoms with Gasteiger partial charge in [-0.1, -0.05) is 20.8 Å². The van der Waals surface area contributed by atoms with Gasteiger partial charge in [0.1, 0.15) is 0 Å². The normalized spacial score (nSPS) is 41.8. The van der Waals surface area contributed by atoms with Crippen molar-refractivity contribution < 1.29 is 4.43 Å². The lowest BCUT2D eigenvalue weighted by Gasteiger charge is -2.57. The topological polar surface area (TPSA) is 9.23 Å². The van der Waals surface area contributed by atoms with Crippen molar-refractivity contribution in [1.82, 2.24) is 0 Å². The fourth-order valence-corrected chi connectivity index (χ4v) is 6.12. The van der Waals surface area contributed by atoms with E-state index in [1.54, 1.807) is 19.3 Å². The minimum Gasteiger partial charge on any atom is -0.416 e. The zero-order valence-electron chi connectivity index (χ0n) is 13.6. The van der Waals surface area contributed by atoms with E-state index in [2.05, 4.69) is 33.9 Å². The Morgan fingerprint density at radius 3 is 1.74 bits per heavy atom. The summed E-state index contributed by atoms with van der Waals surface area (Å²) in [6.07, 6.45) is 9.06. The van der Waals surface area contributed by atoms with Crippen LogP contribution in [0.2, 0.25) is 18.1 Å². The summed E-state index contributed by atoms with van der Waals surface area (Å²) in [5.74, 6) is 3.15. The Balaban J connectivity index is 1.67. The fourth-order valence-electron chi connectivity index (χ4n) is 5.02. The maximum atomic E-state index is 6.62. The van der Waals surface area contributed by atoms with Gasteiger partial charge in [0.2, 0.25) is 0 Å². The highest BCUT2D eigenvalue weighted by Crippen LogP contribution is 2.60. The van der Waals surface area contributed by atoms with E-state index in [0.717, 1.165) is 24.4 Å². The van der Waals surface area contributed by atoms with Crippen LogP contribution in [0.25, 0.3) is 0 Å². The third-order valence-corrected chi connectivity index (χ3v) is 11.2. The summed E-state index contributed by atoms with van der Waals surface area (Å²) in [7, 11) is -1.56. The predicted octanol–water partition coefficient (Wildman–Crippen LogP) is 5.22. The van der Waals surface area contributed by atoms with E-state index in [1.807, 2.05) is 0 Å². The summed E-state index contributed by atoms with van der Waals surface area (Å²) in [5.41, 5.74) is 0.588. The highest BCUT2D eigenvalue weighted by molar-refractivity contribution is 6.74. The molecule has 4 fully saturated rings. The third-order valence-electron chi connectivity index (χ3n) is 6.71. The van der Waals surface area contributed by atoms with Crippen molar-refractivity contribution in [2.45, 2.75) is 77.4 Å². The van der Waals surface area contributed by atoms with Gasteiger partial charge in [-0.3, -0.25) is 0 Å². The monoisotopic (exact) mass is 280 g/mol. The Kier molecular flexibility index (Phi) is 3.22. The van der Waals surface area contributed by atoms with Gasteiger partial charge < -0.3 is 4.43 Å². The average Bonchev–Trinajstić information content (AvgIpc) is 2.23. The van der Waals surface area contributed by atoms with Crippen LogP contribution in [0.5, 0.6) is 0 Å². The third kappa shape index (κ3) is 2.55. The summed E-state index contributed by atoms with van der Waals surface area (Å²) in [4.78, 5) is 0. The molecule has 0 aromatic heterocycles. The Morgan fingerprint density at radius 1 is 0.947 bits per heavy atom. The molecule has 0 aromatic carbocycles. The van der Waals surface area contributed by atoms with Crippen molar-refractivity contribution >= 4 is 8.32 Å². The molecular formula is C17H32OSi. The molecule has 0 saturated heterocycles. The first-order valence-corrected chi connectivity index (χ1v) is 11.2. The smallest absolute Gasteiger partial charge is 0.192 e. The molecule has 0 N–H and O–H groups in total. The Hall–Kier alpha value is 0.177. The highest BCUT2D eigenvalue weighted by Gasteiger charge is 2.52. The minimum absolute atomic E-state index is 0.356. The molecule has 4 aliphatic carbocycles. The van der Waals surface area contributed by atoms with Gasteiger partial charge in [-0.2, -0.15) is 0 Å². The molecule has 0 unspecified atom stereocenters. The molecule has 0 aliphatic heterocycles. The molecule has 0 radical (unpaired) electrons. The van der Waals surface area contributed by atoms with Crippen molar-refractivity contribution in [2.24, 2.45) is 23.2 Å². The first-order chi connectivity index (χ1) is 8.69. The molecule has 0 heterocycles. The number of rotatable bonds is 3. The standard InChI is InChI=1S/C17H32OSi/c1-16(2,3)19(4,5)18-12-17-9-13-6-14(10-17)8-15(7-13)11-17/h13-15H,6-12H2,1-5H3. The van der Waals surface area contributed by atoms with Crippen LogP contribution in [0.15, 0.2) is 0 Å². The lowest BCUT2D eigenvalue weighted by molar-refractivity contribution is -0.0769. The second kappa shape index (κ2) is 4.33. The number of hydrogen-bond donors (Lipinski definition) is 0. The molecule has 4 rings (SSSR count). The van der Waals surface area contributed by atoms with Crippen molar-refractivity contribution in [1.29, 1.82) is 0 Å². The van der Waals surface area contributed by atoms with E-state index in [1.165, 1.54) is 19.3 Å². The van der Waals surface area contributed by atoms with Gasteiger partial charge in [-0.25, -0.2) is 0 Å². The molecule has 0 atom stereocenters. The van der Waals surface area contributed by atoms with E-state index in [4.69, 9.17) is 4.43 Å². The quantitative estimate of drug-likeness (QED) is 0.644. The Labute approximate surface area is 120 Å². The molecular weight excluding hydrogens is 248 g/mol. The van der Waals surface area contributed by atoms with E-state index < -0.39 is 8.32 Å². The lowest BCUT2D eigenvalue weighted by atomic mass is 9.50. The molecule has 1 nitrogen and oxygen atoms in total. The summed E-state index contributed by atoms with van der Waals surface area (Å²) < 4.78 is 6.62. The van der Waals surface area contributed by atoms with Gasteiger partial charge in [0.25, 0.3) is 0 Å². The summed E-state index contributed by atoms with van der Waals surface area (Å²) in [6, 6.07) is 0. The van der Waals surface area contributed by atoms with Gasteiger partial charge in [0.05, 0.1) is 0 Å². The minimum atomic E-state index is -1.56. The van der Waals surface area contributed by atoms with Gasteiger partial charge in [0.15, 0.2) is 8.32 Å². The van der Waals surface area contributed by atoms with E-state index in [0.29, 0.717) is 10.5 Å². The first kappa shape index (κ1) is 14.1. The first-order valence-electron chi connectivity index (χ1n) is 8.33. The zero-order chi connectivity index (χ0) is 13.9. The van der Waals surface area contributed by atoms with Crippen molar-refractivity contribution in [2.75, 3.05) is 6.61 Å². The Bertz CT molecular complexity index is 317. The summed E-state index contributed by atoms with van der Waals surface area (Å²) in [6.45, 7) is 13.0. The lowest BCUT2D eigenvalue weighted by Crippen LogP contribution is -2.51. The van der Waals surface area contributed by atoms with Crippen LogP contribution in [0, 0.1) is 23.2 Å². The maximum Gasteiger partial charge on any atom is 0.192 e. The van der Waals surface area contributed by atoms with Crippen LogP contribution >= 0.6 is 0 Å². The molecule has 0 spiro atoms. The van der Waals surface area contributed by atoms with Crippen LogP contribution < -0.4 is 0 Å². The van der Waals surface area contributed by atoms with Gasteiger partial charge in [0, 0.05) is 6.61 Å². The van der Waals surface area contributed by atoms with Crippen LogP contribution in [-0.4, -0.2) is 14.9 Å². The van der Waals surface area contributed by atoms with Crippen LogP contribution in [0.3, 0.4) is 0 Å². The van der Waals surface area contributed by atoms with E-state index in [9.17, 15) is 0 Å².